The second kappa shape index (κ2) is 7.43. The molecule has 0 spiro atoms. The highest BCUT2D eigenvalue weighted by atomic mass is 32.1. The first-order valence-electron chi connectivity index (χ1n) is 8.74. The lowest BCUT2D eigenvalue weighted by molar-refractivity contribution is 0.208. The van der Waals surface area contributed by atoms with E-state index < -0.39 is 0 Å². The molecule has 4 heterocycles. The first-order chi connectivity index (χ1) is 13.5. The number of nitrogens with two attached hydrogens (primary N) is 1. The molecule has 4 rings (SSSR count). The van der Waals surface area contributed by atoms with Gasteiger partial charge in [-0.05, 0) is 13.0 Å². The number of amides is 2. The molecule has 0 aromatic carbocycles. The van der Waals surface area contributed by atoms with E-state index in [1.807, 2.05) is 6.92 Å². The van der Waals surface area contributed by atoms with Gasteiger partial charge in [0.1, 0.15) is 5.52 Å². The predicted octanol–water partition coefficient (Wildman–Crippen LogP) is 1.73. The van der Waals surface area contributed by atoms with Crippen LogP contribution in [0.25, 0.3) is 10.3 Å². The lowest BCUT2D eigenvalue weighted by atomic mass is 10.3. The van der Waals surface area contributed by atoms with Crippen LogP contribution < -0.4 is 20.7 Å². The Balaban J connectivity index is 1.42. The van der Waals surface area contributed by atoms with E-state index in [9.17, 15) is 4.79 Å². The summed E-state index contributed by atoms with van der Waals surface area (Å²) >= 11 is 1.43. The number of pyridine rings is 1. The van der Waals surface area contributed by atoms with Crippen LogP contribution in [0.1, 0.15) is 5.69 Å². The Hall–Kier alpha value is -3.21. The summed E-state index contributed by atoms with van der Waals surface area (Å²) in [5, 5.41) is 2.91. The highest BCUT2D eigenvalue weighted by Crippen LogP contribution is 2.27. The fourth-order valence-corrected chi connectivity index (χ4v) is 3.74. The number of nitrogens with zero attached hydrogens (tertiary/aromatic N) is 6. The maximum absolute atomic E-state index is 12.6. The Morgan fingerprint density at radius 1 is 1.21 bits per heavy atom. The number of nitrogens with one attached hydrogen (secondary N) is 1. The average Bonchev–Trinajstić information content (AvgIpc) is 3.17. The second-order valence-electron chi connectivity index (χ2n) is 6.30. The summed E-state index contributed by atoms with van der Waals surface area (Å²) in [6.45, 7) is 4.22. The molecular weight excluding hydrogens is 380 g/mol. The number of hydrogen-bond donors (Lipinski definition) is 2. The third-order valence-corrected chi connectivity index (χ3v) is 5.29. The zero-order valence-corrected chi connectivity index (χ0v) is 16.4. The summed E-state index contributed by atoms with van der Waals surface area (Å²) in [5.74, 6) is 1.47. The number of nitrogen functional groups attached to an aromatic ring is 1. The number of aromatic nitrogens is 4. The van der Waals surface area contributed by atoms with Crippen molar-refractivity contribution in [3.05, 3.63) is 23.3 Å². The molecular formula is C17H20N8O2S. The van der Waals surface area contributed by atoms with Gasteiger partial charge in [0.25, 0.3) is 0 Å². The molecule has 2 amide bonds. The molecule has 10 nitrogen and oxygen atoms in total. The smallest absolute Gasteiger partial charge is 0.322 e. The van der Waals surface area contributed by atoms with Gasteiger partial charge in [-0.3, -0.25) is 0 Å². The van der Waals surface area contributed by atoms with Crippen LogP contribution in [0.3, 0.4) is 0 Å². The van der Waals surface area contributed by atoms with Gasteiger partial charge in [-0.1, -0.05) is 0 Å². The number of carbonyl (C=O) groups is 1. The number of aryl methyl sites for hydroxylation is 1. The summed E-state index contributed by atoms with van der Waals surface area (Å²) < 4.78 is 5.09. The van der Waals surface area contributed by atoms with Gasteiger partial charge >= 0.3 is 6.03 Å². The van der Waals surface area contributed by atoms with Crippen LogP contribution in [0.5, 0.6) is 5.88 Å². The van der Waals surface area contributed by atoms with E-state index in [1.165, 1.54) is 11.3 Å². The van der Waals surface area contributed by atoms with Crippen molar-refractivity contribution in [2.24, 2.45) is 0 Å². The van der Waals surface area contributed by atoms with Gasteiger partial charge in [0, 0.05) is 32.2 Å². The third kappa shape index (κ3) is 3.48. The SMILES string of the molecule is COc1ccc(NC(=O)N2CCN(c3nc(N)nc4scnc34)CC2)c(C)n1. The number of anilines is 3. The molecule has 11 heteroatoms. The Bertz CT molecular complexity index is 1020. The molecule has 3 N–H and O–H groups in total. The quantitative estimate of drug-likeness (QED) is 0.682. The Morgan fingerprint density at radius 2 is 2.00 bits per heavy atom. The summed E-state index contributed by atoms with van der Waals surface area (Å²) in [6.07, 6.45) is 0. The molecule has 0 radical (unpaired) electrons. The molecule has 0 unspecified atom stereocenters. The van der Waals surface area contributed by atoms with Gasteiger partial charge in [-0.15, -0.1) is 11.3 Å². The third-order valence-electron chi connectivity index (χ3n) is 4.57. The van der Waals surface area contributed by atoms with Gasteiger partial charge in [0.15, 0.2) is 10.6 Å². The molecule has 3 aromatic heterocycles. The fourth-order valence-electron chi connectivity index (χ4n) is 3.08. The number of rotatable bonds is 3. The van der Waals surface area contributed by atoms with Crippen LogP contribution in [0, 0.1) is 6.92 Å². The fraction of sp³-hybridized carbons (Fsp3) is 0.353. The van der Waals surface area contributed by atoms with E-state index in [0.29, 0.717) is 43.4 Å². The molecule has 0 saturated carbocycles. The van der Waals surface area contributed by atoms with E-state index in [0.717, 1.165) is 16.2 Å². The van der Waals surface area contributed by atoms with Gasteiger partial charge in [0.2, 0.25) is 11.8 Å². The van der Waals surface area contributed by atoms with Gasteiger partial charge < -0.3 is 25.6 Å². The summed E-state index contributed by atoms with van der Waals surface area (Å²) in [6, 6.07) is 3.35. The van der Waals surface area contributed by atoms with Crippen LogP contribution in [-0.2, 0) is 0 Å². The lowest BCUT2D eigenvalue weighted by Gasteiger charge is -2.35. The monoisotopic (exact) mass is 400 g/mol. The van der Waals surface area contributed by atoms with E-state index >= 15 is 0 Å². The topological polar surface area (TPSA) is 122 Å². The number of piperazine rings is 1. The molecule has 1 fully saturated rings. The number of fused-ring (bicyclic) bond motifs is 1. The van der Waals surface area contributed by atoms with Gasteiger partial charge in [-0.2, -0.15) is 4.98 Å². The van der Waals surface area contributed by atoms with Crippen molar-refractivity contribution in [2.45, 2.75) is 6.92 Å². The largest absolute Gasteiger partial charge is 0.481 e. The van der Waals surface area contributed by atoms with Crippen LogP contribution in [-0.4, -0.2) is 64.2 Å². The van der Waals surface area contributed by atoms with Crippen LogP contribution in [0.15, 0.2) is 17.6 Å². The van der Waals surface area contributed by atoms with Crippen molar-refractivity contribution >= 4 is 45.2 Å². The maximum Gasteiger partial charge on any atom is 0.322 e. The predicted molar refractivity (Wildman–Crippen MR) is 108 cm³/mol. The number of thiazole rings is 1. The van der Waals surface area contributed by atoms with Crippen molar-refractivity contribution in [2.75, 3.05) is 49.2 Å². The van der Waals surface area contributed by atoms with Gasteiger partial charge in [0.05, 0.1) is 24.0 Å². The number of urea groups is 1. The number of hydrogen-bond acceptors (Lipinski definition) is 9. The minimum atomic E-state index is -0.157. The Kier molecular flexibility index (Phi) is 4.82. The maximum atomic E-state index is 12.6. The molecule has 0 aliphatic carbocycles. The van der Waals surface area contributed by atoms with E-state index in [-0.39, 0.29) is 12.0 Å². The minimum Gasteiger partial charge on any atom is -0.481 e. The molecule has 1 saturated heterocycles. The molecule has 28 heavy (non-hydrogen) atoms. The average molecular weight is 400 g/mol. The van der Waals surface area contributed by atoms with Crippen molar-refractivity contribution in [3.63, 3.8) is 0 Å². The Morgan fingerprint density at radius 3 is 2.71 bits per heavy atom. The highest BCUT2D eigenvalue weighted by Gasteiger charge is 2.24. The highest BCUT2D eigenvalue weighted by molar-refractivity contribution is 7.16. The normalized spacial score (nSPS) is 14.4. The second-order valence-corrected chi connectivity index (χ2v) is 7.14. The lowest BCUT2D eigenvalue weighted by Crippen LogP contribution is -2.50. The summed E-state index contributed by atoms with van der Waals surface area (Å²) in [5.41, 5.74) is 9.68. The number of ether oxygens (including phenoxy) is 1. The zero-order chi connectivity index (χ0) is 19.7. The summed E-state index contributed by atoms with van der Waals surface area (Å²) in [7, 11) is 1.56. The molecule has 0 atom stereocenters. The van der Waals surface area contributed by atoms with Crippen molar-refractivity contribution in [3.8, 4) is 5.88 Å². The van der Waals surface area contributed by atoms with Crippen molar-refractivity contribution in [1.29, 1.82) is 0 Å². The van der Waals surface area contributed by atoms with Crippen molar-refractivity contribution in [1.82, 2.24) is 24.8 Å². The van der Waals surface area contributed by atoms with E-state index in [1.54, 1.807) is 29.7 Å². The number of carbonyl (C=O) groups excluding carboxylic acids is 1. The van der Waals surface area contributed by atoms with Crippen LogP contribution in [0.2, 0.25) is 0 Å². The molecule has 0 bridgehead atoms. The molecule has 1 aliphatic rings. The minimum absolute atomic E-state index is 0.157. The molecule has 146 valence electrons. The van der Waals surface area contributed by atoms with E-state index in [4.69, 9.17) is 10.5 Å². The van der Waals surface area contributed by atoms with Gasteiger partial charge in [-0.25, -0.2) is 19.7 Å². The Labute approximate surface area is 165 Å². The summed E-state index contributed by atoms with van der Waals surface area (Å²) in [4.78, 5) is 34.4. The molecule has 3 aromatic rings. The first kappa shape index (κ1) is 18.2. The molecule has 1 aliphatic heterocycles. The van der Waals surface area contributed by atoms with Crippen molar-refractivity contribution < 1.29 is 9.53 Å². The van der Waals surface area contributed by atoms with E-state index in [2.05, 4.69) is 30.2 Å². The number of methoxy groups -OCH3 is 1. The first-order valence-corrected chi connectivity index (χ1v) is 9.62. The van der Waals surface area contributed by atoms with Crippen LogP contribution in [0.4, 0.5) is 22.2 Å². The zero-order valence-electron chi connectivity index (χ0n) is 15.5. The van der Waals surface area contributed by atoms with Crippen LogP contribution >= 0.6 is 11.3 Å². The standard InChI is InChI=1S/C17H20N8O2S/c1-10-11(3-4-12(20-10)27-2)21-17(26)25-7-5-24(6-8-25)14-13-15(28-9-19-13)23-16(18)22-14/h3-4,9H,5-8H2,1-2H3,(H,21,26)(H2,18,22,23).